The zero-order valence-corrected chi connectivity index (χ0v) is 19.6. The van der Waals surface area contributed by atoms with Crippen molar-refractivity contribution >= 4 is 44.3 Å². The predicted molar refractivity (Wildman–Crippen MR) is 122 cm³/mol. The summed E-state index contributed by atoms with van der Waals surface area (Å²) < 4.78 is 39.9. The van der Waals surface area contributed by atoms with E-state index in [1.165, 1.54) is 43.0 Å². The molecule has 0 aliphatic carbocycles. The van der Waals surface area contributed by atoms with Crippen molar-refractivity contribution in [1.82, 2.24) is 9.29 Å². The summed E-state index contributed by atoms with van der Waals surface area (Å²) in [7, 11) is -1.08. The van der Waals surface area contributed by atoms with Gasteiger partial charge in [0.25, 0.3) is 0 Å². The van der Waals surface area contributed by atoms with Gasteiger partial charge in [0.15, 0.2) is 5.58 Å². The van der Waals surface area contributed by atoms with Crippen LogP contribution < -0.4 is 20.5 Å². The standard InChI is InChI=1S/C21H24ClN3O6S/c1-12(2)9-16(20(26)23-13-5-8-18(30-4)15(22)10-13)24-32(28,29)14-6-7-17-19(11-14)31-21(27)25(17)3/h5-8,10-12,16,24H,9H2,1-4H3,(H,23,26)/t16-/m0/s1. The molecule has 0 spiro atoms. The largest absolute Gasteiger partial charge is 0.495 e. The van der Waals surface area contributed by atoms with E-state index in [-0.39, 0.29) is 22.8 Å². The van der Waals surface area contributed by atoms with Gasteiger partial charge in [-0.05, 0) is 42.7 Å². The fraction of sp³-hybridized carbons (Fsp3) is 0.333. The SMILES string of the molecule is COc1ccc(NC(=O)[C@H](CC(C)C)NS(=O)(=O)c2ccc3c(c2)oc(=O)n3C)cc1Cl. The smallest absolute Gasteiger partial charge is 0.419 e. The number of sulfonamides is 1. The van der Waals surface area contributed by atoms with Crippen LogP contribution in [0.3, 0.4) is 0 Å². The molecule has 9 nitrogen and oxygen atoms in total. The first-order chi connectivity index (χ1) is 15.0. The number of aromatic nitrogens is 1. The average molecular weight is 482 g/mol. The molecule has 0 saturated carbocycles. The van der Waals surface area contributed by atoms with Crippen LogP contribution in [0, 0.1) is 5.92 Å². The molecule has 0 aliphatic heterocycles. The average Bonchev–Trinajstić information content (AvgIpc) is 3.00. The van der Waals surface area contributed by atoms with Gasteiger partial charge in [-0.3, -0.25) is 9.36 Å². The van der Waals surface area contributed by atoms with E-state index in [0.717, 1.165) is 0 Å². The Morgan fingerprint density at radius 3 is 2.56 bits per heavy atom. The van der Waals surface area contributed by atoms with Crippen LogP contribution in [0.25, 0.3) is 11.1 Å². The molecule has 0 fully saturated rings. The summed E-state index contributed by atoms with van der Waals surface area (Å²) in [5.41, 5.74) is 1.00. The maximum Gasteiger partial charge on any atom is 0.419 e. The molecule has 3 aromatic rings. The number of fused-ring (bicyclic) bond motifs is 1. The lowest BCUT2D eigenvalue weighted by Gasteiger charge is -2.20. The van der Waals surface area contributed by atoms with Crippen LogP contribution >= 0.6 is 11.6 Å². The van der Waals surface area contributed by atoms with E-state index >= 15 is 0 Å². The van der Waals surface area contributed by atoms with Crippen molar-refractivity contribution in [2.24, 2.45) is 13.0 Å². The van der Waals surface area contributed by atoms with Crippen molar-refractivity contribution in [3.05, 3.63) is 52.0 Å². The molecule has 1 amide bonds. The fourth-order valence-corrected chi connectivity index (χ4v) is 4.67. The minimum Gasteiger partial charge on any atom is -0.495 e. The van der Waals surface area contributed by atoms with Crippen LogP contribution in [0.4, 0.5) is 5.69 Å². The molecule has 2 aromatic carbocycles. The third-order valence-corrected chi connectivity index (χ3v) is 6.58. The van der Waals surface area contributed by atoms with E-state index in [1.807, 2.05) is 13.8 Å². The van der Waals surface area contributed by atoms with E-state index < -0.39 is 27.7 Å². The van der Waals surface area contributed by atoms with E-state index in [0.29, 0.717) is 22.0 Å². The van der Waals surface area contributed by atoms with Gasteiger partial charge in [-0.15, -0.1) is 0 Å². The number of rotatable bonds is 8. The Hall–Kier alpha value is -2.82. The highest BCUT2D eigenvalue weighted by Gasteiger charge is 2.27. The monoisotopic (exact) mass is 481 g/mol. The fourth-order valence-electron chi connectivity index (χ4n) is 3.19. The second-order valence-corrected chi connectivity index (χ2v) is 9.82. The molecule has 172 valence electrons. The molecule has 1 aromatic heterocycles. The summed E-state index contributed by atoms with van der Waals surface area (Å²) in [6.07, 6.45) is 0.262. The van der Waals surface area contributed by atoms with Crippen LogP contribution in [0.2, 0.25) is 5.02 Å². The number of aryl methyl sites for hydroxylation is 1. The Kier molecular flexibility index (Phi) is 6.97. The number of ether oxygens (including phenoxy) is 1. The zero-order chi connectivity index (χ0) is 23.6. The Balaban J connectivity index is 1.86. The molecule has 0 bridgehead atoms. The van der Waals surface area contributed by atoms with E-state index in [2.05, 4.69) is 10.0 Å². The summed E-state index contributed by atoms with van der Waals surface area (Å²) in [5, 5.41) is 2.99. The van der Waals surface area contributed by atoms with Gasteiger partial charge < -0.3 is 14.5 Å². The minimum absolute atomic E-state index is 0.0301. The molecule has 11 heteroatoms. The number of nitrogens with one attached hydrogen (secondary N) is 2. The number of nitrogens with zero attached hydrogens (tertiary/aromatic N) is 1. The van der Waals surface area contributed by atoms with E-state index in [4.69, 9.17) is 20.8 Å². The third kappa shape index (κ3) is 5.14. The van der Waals surface area contributed by atoms with Gasteiger partial charge >= 0.3 is 5.76 Å². The molecule has 3 rings (SSSR count). The van der Waals surface area contributed by atoms with Crippen molar-refractivity contribution in [2.45, 2.75) is 31.2 Å². The zero-order valence-electron chi connectivity index (χ0n) is 18.0. The lowest BCUT2D eigenvalue weighted by molar-refractivity contribution is -0.118. The van der Waals surface area contributed by atoms with Crippen LogP contribution in [-0.4, -0.2) is 32.0 Å². The van der Waals surface area contributed by atoms with Crippen molar-refractivity contribution in [1.29, 1.82) is 0 Å². The molecular weight excluding hydrogens is 458 g/mol. The summed E-state index contributed by atoms with van der Waals surface area (Å²) in [6, 6.07) is 7.77. The Labute approximate surface area is 190 Å². The molecule has 0 unspecified atom stereocenters. The summed E-state index contributed by atoms with van der Waals surface area (Å²) in [4.78, 5) is 24.5. The van der Waals surface area contributed by atoms with Gasteiger partial charge in [-0.2, -0.15) is 4.72 Å². The highest BCUT2D eigenvalue weighted by Crippen LogP contribution is 2.27. The van der Waals surface area contributed by atoms with Gasteiger partial charge in [0.1, 0.15) is 11.8 Å². The van der Waals surface area contributed by atoms with Crippen molar-refractivity contribution < 1.29 is 22.4 Å². The molecule has 2 N–H and O–H groups in total. The maximum atomic E-state index is 13.0. The molecule has 1 atom stereocenters. The highest BCUT2D eigenvalue weighted by atomic mass is 35.5. The molecule has 1 heterocycles. The number of carbonyl (C=O) groups excluding carboxylic acids is 1. The molecule has 32 heavy (non-hydrogen) atoms. The number of hydrogen-bond acceptors (Lipinski definition) is 6. The number of benzene rings is 2. The lowest BCUT2D eigenvalue weighted by Crippen LogP contribution is -2.44. The first-order valence-electron chi connectivity index (χ1n) is 9.78. The molecule has 0 aliphatic rings. The van der Waals surface area contributed by atoms with Gasteiger partial charge in [-0.25, -0.2) is 13.2 Å². The van der Waals surface area contributed by atoms with E-state index in [1.54, 1.807) is 12.1 Å². The second-order valence-electron chi connectivity index (χ2n) is 7.70. The molecular formula is C21H24ClN3O6S. The number of halogens is 1. The van der Waals surface area contributed by atoms with Gasteiger partial charge in [-0.1, -0.05) is 25.4 Å². The van der Waals surface area contributed by atoms with Crippen LogP contribution in [-0.2, 0) is 21.9 Å². The number of oxazole rings is 1. The quantitative estimate of drug-likeness (QED) is 0.510. The Morgan fingerprint density at radius 1 is 1.22 bits per heavy atom. The summed E-state index contributed by atoms with van der Waals surface area (Å²) in [5.74, 6) is -0.650. The van der Waals surface area contributed by atoms with Crippen LogP contribution in [0.5, 0.6) is 5.75 Å². The lowest BCUT2D eigenvalue weighted by atomic mass is 10.0. The van der Waals surface area contributed by atoms with Gasteiger partial charge in [0, 0.05) is 18.8 Å². The number of amides is 1. The first-order valence-corrected chi connectivity index (χ1v) is 11.6. The minimum atomic E-state index is -4.08. The summed E-state index contributed by atoms with van der Waals surface area (Å²) in [6.45, 7) is 3.76. The van der Waals surface area contributed by atoms with Crippen LogP contribution in [0.1, 0.15) is 20.3 Å². The Morgan fingerprint density at radius 2 is 1.94 bits per heavy atom. The summed E-state index contributed by atoms with van der Waals surface area (Å²) >= 11 is 6.10. The topological polar surface area (TPSA) is 120 Å². The highest BCUT2D eigenvalue weighted by molar-refractivity contribution is 7.89. The van der Waals surface area contributed by atoms with Crippen molar-refractivity contribution in [3.63, 3.8) is 0 Å². The number of methoxy groups -OCH3 is 1. The number of anilines is 1. The number of hydrogen-bond donors (Lipinski definition) is 2. The number of carbonyl (C=O) groups is 1. The third-order valence-electron chi connectivity index (χ3n) is 4.81. The maximum absolute atomic E-state index is 13.0. The Bertz CT molecular complexity index is 1310. The van der Waals surface area contributed by atoms with Gasteiger partial charge in [0.2, 0.25) is 15.9 Å². The first kappa shape index (κ1) is 23.8. The van der Waals surface area contributed by atoms with Crippen LogP contribution in [0.15, 0.2) is 50.5 Å². The second kappa shape index (κ2) is 9.35. The molecule has 0 radical (unpaired) electrons. The van der Waals surface area contributed by atoms with Crippen molar-refractivity contribution in [3.8, 4) is 5.75 Å². The predicted octanol–water partition coefficient (Wildman–Crippen LogP) is 3.13. The molecule has 0 saturated heterocycles. The van der Waals surface area contributed by atoms with Gasteiger partial charge in [0.05, 0.1) is 22.5 Å². The van der Waals surface area contributed by atoms with E-state index in [9.17, 15) is 18.0 Å². The normalized spacial score (nSPS) is 12.8. The van der Waals surface area contributed by atoms with Crippen molar-refractivity contribution in [2.75, 3.05) is 12.4 Å².